The third-order valence-electron chi connectivity index (χ3n) is 4.57. The van der Waals surface area contributed by atoms with Gasteiger partial charge in [-0.25, -0.2) is 4.79 Å². The van der Waals surface area contributed by atoms with Crippen molar-refractivity contribution in [3.05, 3.63) is 71.8 Å². The number of hydrogen-bond acceptors (Lipinski definition) is 3. The highest BCUT2D eigenvalue weighted by atomic mass is 35.5. The first-order valence-electron chi connectivity index (χ1n) is 11.9. The maximum absolute atomic E-state index is 11.3. The summed E-state index contributed by atoms with van der Waals surface area (Å²) in [7, 11) is 0. The van der Waals surface area contributed by atoms with Crippen LogP contribution in [-0.2, 0) is 17.2 Å². The fourth-order valence-electron chi connectivity index (χ4n) is 2.65. The van der Waals surface area contributed by atoms with Crippen LogP contribution < -0.4 is 11.1 Å². The zero-order chi connectivity index (χ0) is 23.7. The Morgan fingerprint density at radius 3 is 1.81 bits per heavy atom. The van der Waals surface area contributed by atoms with Gasteiger partial charge in [0.05, 0.1) is 0 Å². The summed E-state index contributed by atoms with van der Waals surface area (Å²) < 4.78 is 5.08. The highest BCUT2D eigenvalue weighted by Crippen LogP contribution is 2.02. The first-order valence-corrected chi connectivity index (χ1v) is 12.5. The number of ether oxygens (including phenoxy) is 1. The van der Waals surface area contributed by atoms with Crippen molar-refractivity contribution in [2.45, 2.75) is 77.7 Å². The van der Waals surface area contributed by atoms with Gasteiger partial charge in [-0.05, 0) is 30.5 Å². The molecule has 0 heterocycles. The van der Waals surface area contributed by atoms with E-state index >= 15 is 0 Å². The van der Waals surface area contributed by atoms with Crippen LogP contribution in [-0.4, -0.2) is 19.2 Å². The van der Waals surface area contributed by atoms with Gasteiger partial charge in [0.2, 0.25) is 0 Å². The summed E-state index contributed by atoms with van der Waals surface area (Å²) >= 11 is 5.53. The number of halogens is 1. The molecular formula is C27H43ClN2O2. The molecule has 0 saturated heterocycles. The molecule has 5 heteroatoms. The van der Waals surface area contributed by atoms with E-state index < -0.39 is 0 Å². The van der Waals surface area contributed by atoms with E-state index in [1.54, 1.807) is 0 Å². The van der Waals surface area contributed by atoms with Gasteiger partial charge in [0.15, 0.2) is 0 Å². The molecule has 0 spiro atoms. The standard InChI is InChI=1S/C14H21NO2.C7H7Cl.C6H15N/c1-2-3-4-8-11-15-14(16)17-12-13-9-6-5-7-10-13;8-6-7-4-2-1-3-5-7;1-2-3-4-5-6-7/h5-7,9-10H,2-4,8,11-12H2,1H3,(H,15,16);1-5H,6H2;2-7H2,1H3. The van der Waals surface area contributed by atoms with Crippen LogP contribution in [0.1, 0.15) is 76.3 Å². The minimum Gasteiger partial charge on any atom is -0.445 e. The Morgan fingerprint density at radius 1 is 0.812 bits per heavy atom. The molecule has 3 N–H and O–H groups in total. The largest absolute Gasteiger partial charge is 0.445 e. The molecule has 0 aliphatic rings. The summed E-state index contributed by atoms with van der Waals surface area (Å²) in [6.07, 6.45) is 9.45. The van der Waals surface area contributed by atoms with Crippen molar-refractivity contribution >= 4 is 17.7 Å². The van der Waals surface area contributed by atoms with Crippen LogP contribution >= 0.6 is 11.6 Å². The second-order valence-electron chi connectivity index (χ2n) is 7.52. The predicted octanol–water partition coefficient (Wildman–Crippen LogP) is 7.44. The number of carbonyl (C=O) groups is 1. The quantitative estimate of drug-likeness (QED) is 0.254. The van der Waals surface area contributed by atoms with Gasteiger partial charge in [-0.3, -0.25) is 0 Å². The maximum atomic E-state index is 11.3. The molecule has 0 atom stereocenters. The minimum absolute atomic E-state index is 0.328. The van der Waals surface area contributed by atoms with Crippen LogP contribution in [0, 0.1) is 0 Å². The molecule has 0 radical (unpaired) electrons. The summed E-state index contributed by atoms with van der Waals surface area (Å²) in [4.78, 5) is 11.3. The monoisotopic (exact) mass is 462 g/mol. The third kappa shape index (κ3) is 19.9. The lowest BCUT2D eigenvalue weighted by Gasteiger charge is -2.06. The van der Waals surface area contributed by atoms with E-state index in [9.17, 15) is 4.79 Å². The van der Waals surface area contributed by atoms with E-state index in [2.05, 4.69) is 19.2 Å². The van der Waals surface area contributed by atoms with Crippen molar-refractivity contribution in [2.24, 2.45) is 5.73 Å². The Kier molecular flexibility index (Phi) is 22.1. The number of hydrogen-bond donors (Lipinski definition) is 2. The van der Waals surface area contributed by atoms with Crippen molar-refractivity contribution in [1.82, 2.24) is 5.32 Å². The highest BCUT2D eigenvalue weighted by Gasteiger charge is 2.01. The Hall–Kier alpha value is -2.04. The SMILES string of the molecule is CCCCCCN.CCCCCCNC(=O)OCc1ccccc1.ClCc1ccccc1. The van der Waals surface area contributed by atoms with Gasteiger partial charge in [0.25, 0.3) is 0 Å². The number of benzene rings is 2. The van der Waals surface area contributed by atoms with E-state index in [0.717, 1.165) is 24.9 Å². The van der Waals surface area contributed by atoms with Crippen LogP contribution in [0.15, 0.2) is 60.7 Å². The predicted molar refractivity (Wildman–Crippen MR) is 138 cm³/mol. The van der Waals surface area contributed by atoms with E-state index in [0.29, 0.717) is 19.0 Å². The number of amides is 1. The zero-order valence-electron chi connectivity index (χ0n) is 20.0. The Bertz CT molecular complexity index is 635. The maximum Gasteiger partial charge on any atom is 0.407 e. The summed E-state index contributed by atoms with van der Waals surface area (Å²) in [5.74, 6) is 0.612. The Morgan fingerprint density at radius 2 is 1.34 bits per heavy atom. The molecule has 32 heavy (non-hydrogen) atoms. The highest BCUT2D eigenvalue weighted by molar-refractivity contribution is 6.17. The van der Waals surface area contributed by atoms with E-state index in [-0.39, 0.29) is 6.09 Å². The van der Waals surface area contributed by atoms with Gasteiger partial charge >= 0.3 is 6.09 Å². The van der Waals surface area contributed by atoms with Gasteiger partial charge in [-0.15, -0.1) is 11.6 Å². The Labute approximate surface area is 200 Å². The van der Waals surface area contributed by atoms with Gasteiger partial charge < -0.3 is 15.8 Å². The smallest absolute Gasteiger partial charge is 0.407 e. The molecule has 0 aromatic heterocycles. The molecule has 0 aliphatic heterocycles. The van der Waals surface area contributed by atoms with Crippen molar-refractivity contribution in [2.75, 3.05) is 13.1 Å². The van der Waals surface area contributed by atoms with Crippen LogP contribution in [0.25, 0.3) is 0 Å². The van der Waals surface area contributed by atoms with Crippen molar-refractivity contribution in [1.29, 1.82) is 0 Å². The van der Waals surface area contributed by atoms with E-state index in [4.69, 9.17) is 22.1 Å². The molecule has 2 rings (SSSR count). The first kappa shape index (κ1) is 30.0. The molecule has 4 nitrogen and oxygen atoms in total. The Balaban J connectivity index is 0.000000529. The lowest BCUT2D eigenvalue weighted by atomic mass is 10.2. The minimum atomic E-state index is -0.328. The molecule has 2 aromatic carbocycles. The number of rotatable bonds is 12. The van der Waals surface area contributed by atoms with E-state index in [1.807, 2.05) is 60.7 Å². The molecule has 1 amide bonds. The van der Waals surface area contributed by atoms with Crippen LogP contribution in [0.3, 0.4) is 0 Å². The number of nitrogens with two attached hydrogens (primary N) is 1. The second kappa shape index (κ2) is 23.6. The molecule has 0 fully saturated rings. The number of nitrogens with one attached hydrogen (secondary N) is 1. The number of alkyl halides is 1. The topological polar surface area (TPSA) is 64.3 Å². The van der Waals surface area contributed by atoms with Crippen LogP contribution in [0.4, 0.5) is 4.79 Å². The molecule has 0 saturated carbocycles. The van der Waals surface area contributed by atoms with Crippen LogP contribution in [0.5, 0.6) is 0 Å². The lowest BCUT2D eigenvalue weighted by molar-refractivity contribution is 0.139. The van der Waals surface area contributed by atoms with E-state index in [1.165, 1.54) is 44.1 Å². The molecule has 2 aromatic rings. The summed E-state index contributed by atoms with van der Waals surface area (Å²) in [6, 6.07) is 19.6. The van der Waals surface area contributed by atoms with Crippen molar-refractivity contribution < 1.29 is 9.53 Å². The fourth-order valence-corrected chi connectivity index (χ4v) is 2.83. The normalized spacial score (nSPS) is 9.62. The molecule has 180 valence electrons. The first-order chi connectivity index (χ1) is 15.7. The van der Waals surface area contributed by atoms with Crippen molar-refractivity contribution in [3.8, 4) is 0 Å². The average molecular weight is 463 g/mol. The summed E-state index contributed by atoms with van der Waals surface area (Å²) in [6.45, 7) is 6.27. The molecular weight excluding hydrogens is 420 g/mol. The number of unbranched alkanes of at least 4 members (excludes halogenated alkanes) is 6. The van der Waals surface area contributed by atoms with Gasteiger partial charge in [0, 0.05) is 12.4 Å². The molecule has 0 unspecified atom stereocenters. The number of alkyl carbamates (subject to hydrolysis) is 1. The van der Waals surface area contributed by atoms with Gasteiger partial charge in [0.1, 0.15) is 6.61 Å². The van der Waals surface area contributed by atoms with Crippen molar-refractivity contribution in [3.63, 3.8) is 0 Å². The molecule has 0 aliphatic carbocycles. The molecule has 0 bridgehead atoms. The van der Waals surface area contributed by atoms with Crippen LogP contribution in [0.2, 0.25) is 0 Å². The lowest BCUT2D eigenvalue weighted by Crippen LogP contribution is -2.25. The van der Waals surface area contributed by atoms with Gasteiger partial charge in [-0.2, -0.15) is 0 Å². The zero-order valence-corrected chi connectivity index (χ0v) is 20.8. The number of carbonyl (C=O) groups excluding carboxylic acids is 1. The second-order valence-corrected chi connectivity index (χ2v) is 7.78. The summed E-state index contributed by atoms with van der Waals surface area (Å²) in [5, 5.41) is 2.75. The average Bonchev–Trinajstić information content (AvgIpc) is 2.85. The third-order valence-corrected chi connectivity index (χ3v) is 4.88. The van der Waals surface area contributed by atoms with Gasteiger partial charge in [-0.1, -0.05) is 113 Å². The fraction of sp³-hybridized carbons (Fsp3) is 0.519. The summed E-state index contributed by atoms with van der Waals surface area (Å²) in [5.41, 5.74) is 7.45.